The molecular formula is C12H16ClN3O2. The van der Waals surface area contributed by atoms with Gasteiger partial charge in [-0.15, -0.1) is 0 Å². The quantitative estimate of drug-likeness (QED) is 0.809. The van der Waals surface area contributed by atoms with Gasteiger partial charge in [0.15, 0.2) is 0 Å². The third-order valence-corrected chi connectivity index (χ3v) is 3.07. The number of carbonyl (C=O) groups excluding carboxylic acids is 1. The van der Waals surface area contributed by atoms with Crippen LogP contribution in [0.2, 0.25) is 5.02 Å². The molecule has 5 nitrogen and oxygen atoms in total. The Morgan fingerprint density at radius 2 is 2.17 bits per heavy atom. The minimum Gasteiger partial charge on any atom is -0.399 e. The van der Waals surface area contributed by atoms with E-state index in [0.717, 1.165) is 13.1 Å². The van der Waals surface area contributed by atoms with E-state index in [-0.39, 0.29) is 5.91 Å². The standard InChI is InChI=1S/C12H16ClN3O2/c13-10-2-1-9(14)7-11(10)15-12(17)8-16-3-5-18-6-4-16/h1-2,7H,3-6,8,14H2,(H,15,17). The second-order valence-corrected chi connectivity index (χ2v) is 4.58. The summed E-state index contributed by atoms with van der Waals surface area (Å²) in [6.07, 6.45) is 0. The molecule has 3 N–H and O–H groups in total. The molecule has 2 rings (SSSR count). The number of ether oxygens (including phenoxy) is 1. The van der Waals surface area contributed by atoms with Gasteiger partial charge in [0.2, 0.25) is 5.91 Å². The summed E-state index contributed by atoms with van der Waals surface area (Å²) < 4.78 is 5.22. The third kappa shape index (κ3) is 3.60. The summed E-state index contributed by atoms with van der Waals surface area (Å²) in [5.74, 6) is -0.0931. The molecular weight excluding hydrogens is 254 g/mol. The first-order valence-electron chi connectivity index (χ1n) is 5.80. The molecule has 0 atom stereocenters. The van der Waals surface area contributed by atoms with E-state index in [2.05, 4.69) is 5.32 Å². The number of nitrogens with zero attached hydrogens (tertiary/aromatic N) is 1. The summed E-state index contributed by atoms with van der Waals surface area (Å²) in [6.45, 7) is 3.24. The number of amides is 1. The molecule has 1 saturated heterocycles. The van der Waals surface area contributed by atoms with Crippen molar-refractivity contribution in [2.24, 2.45) is 0 Å². The van der Waals surface area contributed by atoms with Gasteiger partial charge in [0.05, 0.1) is 30.5 Å². The Morgan fingerprint density at radius 1 is 1.44 bits per heavy atom. The van der Waals surface area contributed by atoms with E-state index in [9.17, 15) is 4.79 Å². The zero-order chi connectivity index (χ0) is 13.0. The maximum Gasteiger partial charge on any atom is 0.238 e. The Kier molecular flexibility index (Phi) is 4.41. The number of carbonyl (C=O) groups is 1. The first-order valence-corrected chi connectivity index (χ1v) is 6.18. The maximum atomic E-state index is 11.9. The molecule has 0 radical (unpaired) electrons. The highest BCUT2D eigenvalue weighted by Gasteiger charge is 2.14. The van der Waals surface area contributed by atoms with Crippen molar-refractivity contribution in [1.29, 1.82) is 0 Å². The van der Waals surface area contributed by atoms with Crippen molar-refractivity contribution >= 4 is 28.9 Å². The van der Waals surface area contributed by atoms with E-state index in [4.69, 9.17) is 22.1 Å². The topological polar surface area (TPSA) is 67.6 Å². The van der Waals surface area contributed by atoms with Crippen molar-refractivity contribution < 1.29 is 9.53 Å². The predicted molar refractivity (Wildman–Crippen MR) is 71.8 cm³/mol. The lowest BCUT2D eigenvalue weighted by Crippen LogP contribution is -2.41. The van der Waals surface area contributed by atoms with Crippen molar-refractivity contribution in [1.82, 2.24) is 4.90 Å². The molecule has 1 aliphatic heterocycles. The third-order valence-electron chi connectivity index (χ3n) is 2.74. The lowest BCUT2D eigenvalue weighted by atomic mass is 10.2. The summed E-state index contributed by atoms with van der Waals surface area (Å²) in [6, 6.07) is 5.01. The van der Waals surface area contributed by atoms with Gasteiger partial charge in [0.25, 0.3) is 0 Å². The number of anilines is 2. The molecule has 6 heteroatoms. The largest absolute Gasteiger partial charge is 0.399 e. The molecule has 1 amide bonds. The van der Waals surface area contributed by atoms with Gasteiger partial charge in [0.1, 0.15) is 0 Å². The fourth-order valence-electron chi connectivity index (χ4n) is 1.79. The number of nitrogens with two attached hydrogens (primary N) is 1. The molecule has 0 aliphatic carbocycles. The maximum absolute atomic E-state index is 11.9. The molecule has 1 heterocycles. The molecule has 0 spiro atoms. The van der Waals surface area contributed by atoms with Crippen LogP contribution in [0.25, 0.3) is 0 Å². The number of hydrogen-bond acceptors (Lipinski definition) is 4. The summed E-state index contributed by atoms with van der Waals surface area (Å²) in [7, 11) is 0. The number of nitrogen functional groups attached to an aromatic ring is 1. The van der Waals surface area contributed by atoms with Crippen LogP contribution in [0.1, 0.15) is 0 Å². The lowest BCUT2D eigenvalue weighted by Gasteiger charge is -2.25. The second kappa shape index (κ2) is 6.04. The first kappa shape index (κ1) is 13.1. The smallest absolute Gasteiger partial charge is 0.238 e. The zero-order valence-corrected chi connectivity index (χ0v) is 10.7. The van der Waals surface area contributed by atoms with Gasteiger partial charge in [-0.05, 0) is 18.2 Å². The fourth-order valence-corrected chi connectivity index (χ4v) is 1.96. The van der Waals surface area contributed by atoms with E-state index in [1.165, 1.54) is 0 Å². The van der Waals surface area contributed by atoms with E-state index in [0.29, 0.717) is 36.2 Å². The second-order valence-electron chi connectivity index (χ2n) is 4.18. The van der Waals surface area contributed by atoms with Crippen LogP contribution in [0.15, 0.2) is 18.2 Å². The monoisotopic (exact) mass is 269 g/mol. The van der Waals surface area contributed by atoms with E-state index in [1.54, 1.807) is 18.2 Å². The summed E-state index contributed by atoms with van der Waals surface area (Å²) in [5.41, 5.74) is 6.77. The Morgan fingerprint density at radius 3 is 2.89 bits per heavy atom. The van der Waals surface area contributed by atoms with Crippen molar-refractivity contribution in [2.75, 3.05) is 43.9 Å². The predicted octanol–water partition coefficient (Wildman–Crippen LogP) is 1.19. The van der Waals surface area contributed by atoms with Crippen LogP contribution in [0.5, 0.6) is 0 Å². The van der Waals surface area contributed by atoms with Crippen molar-refractivity contribution in [3.8, 4) is 0 Å². The van der Waals surface area contributed by atoms with Crippen LogP contribution in [0.3, 0.4) is 0 Å². The molecule has 0 aromatic heterocycles. The van der Waals surface area contributed by atoms with Gasteiger partial charge in [-0.3, -0.25) is 9.69 Å². The molecule has 0 saturated carbocycles. The van der Waals surface area contributed by atoms with Gasteiger partial charge in [-0.25, -0.2) is 0 Å². The van der Waals surface area contributed by atoms with Crippen molar-refractivity contribution in [2.45, 2.75) is 0 Å². The Labute approximate surface area is 111 Å². The van der Waals surface area contributed by atoms with Crippen LogP contribution < -0.4 is 11.1 Å². The van der Waals surface area contributed by atoms with Gasteiger partial charge in [-0.2, -0.15) is 0 Å². The van der Waals surface area contributed by atoms with Crippen LogP contribution in [-0.4, -0.2) is 43.7 Å². The average Bonchev–Trinajstić information content (AvgIpc) is 2.35. The average molecular weight is 270 g/mol. The number of hydrogen-bond donors (Lipinski definition) is 2. The highest BCUT2D eigenvalue weighted by atomic mass is 35.5. The molecule has 18 heavy (non-hydrogen) atoms. The molecule has 1 fully saturated rings. The summed E-state index contributed by atoms with van der Waals surface area (Å²) in [5, 5.41) is 3.25. The molecule has 1 aromatic carbocycles. The Bertz CT molecular complexity index is 433. The first-order chi connectivity index (χ1) is 8.65. The Balaban J connectivity index is 1.92. The number of benzene rings is 1. The van der Waals surface area contributed by atoms with Gasteiger partial charge < -0.3 is 15.8 Å². The minimum absolute atomic E-state index is 0.0931. The molecule has 98 valence electrons. The normalized spacial score (nSPS) is 16.5. The SMILES string of the molecule is Nc1ccc(Cl)c(NC(=O)CN2CCOCC2)c1. The van der Waals surface area contributed by atoms with Crippen LogP contribution in [0.4, 0.5) is 11.4 Å². The van der Waals surface area contributed by atoms with Crippen LogP contribution in [0, 0.1) is 0 Å². The molecule has 1 aliphatic rings. The van der Waals surface area contributed by atoms with Gasteiger partial charge in [0, 0.05) is 18.8 Å². The number of nitrogens with one attached hydrogen (secondary N) is 1. The number of morpholine rings is 1. The molecule has 0 unspecified atom stereocenters. The van der Waals surface area contributed by atoms with Crippen molar-refractivity contribution in [3.63, 3.8) is 0 Å². The number of halogens is 1. The minimum atomic E-state index is -0.0931. The van der Waals surface area contributed by atoms with E-state index in [1.807, 2.05) is 4.90 Å². The van der Waals surface area contributed by atoms with Crippen molar-refractivity contribution in [3.05, 3.63) is 23.2 Å². The highest BCUT2D eigenvalue weighted by molar-refractivity contribution is 6.33. The summed E-state index contributed by atoms with van der Waals surface area (Å²) in [4.78, 5) is 13.9. The zero-order valence-electron chi connectivity index (χ0n) is 9.99. The van der Waals surface area contributed by atoms with Crippen LogP contribution >= 0.6 is 11.6 Å². The number of rotatable bonds is 3. The molecule has 1 aromatic rings. The Hall–Kier alpha value is -1.30. The van der Waals surface area contributed by atoms with Gasteiger partial charge >= 0.3 is 0 Å². The lowest BCUT2D eigenvalue weighted by molar-refractivity contribution is -0.118. The van der Waals surface area contributed by atoms with E-state index >= 15 is 0 Å². The van der Waals surface area contributed by atoms with Crippen LogP contribution in [-0.2, 0) is 9.53 Å². The fraction of sp³-hybridized carbons (Fsp3) is 0.417. The molecule has 0 bridgehead atoms. The van der Waals surface area contributed by atoms with E-state index < -0.39 is 0 Å². The van der Waals surface area contributed by atoms with Gasteiger partial charge in [-0.1, -0.05) is 11.6 Å². The summed E-state index contributed by atoms with van der Waals surface area (Å²) >= 11 is 5.98. The highest BCUT2D eigenvalue weighted by Crippen LogP contribution is 2.23.